The molecule has 172 valence electrons. The molecule has 0 unspecified atom stereocenters. The second-order valence-corrected chi connectivity index (χ2v) is 9.33. The molecule has 0 aromatic heterocycles. The van der Waals surface area contributed by atoms with Crippen LogP contribution in [0.15, 0.2) is 63.7 Å². The molecule has 2 aromatic rings. The van der Waals surface area contributed by atoms with Crippen molar-refractivity contribution in [3.05, 3.63) is 84.8 Å². The number of rotatable bonds is 5. The normalized spacial score (nSPS) is 18.1. The molecule has 0 saturated heterocycles. The molecule has 0 fully saturated rings. The highest BCUT2D eigenvalue weighted by Gasteiger charge is 2.41. The Morgan fingerprint density at radius 2 is 2.00 bits per heavy atom. The molecule has 1 aliphatic heterocycles. The van der Waals surface area contributed by atoms with Crippen molar-refractivity contribution in [2.75, 3.05) is 7.11 Å². The summed E-state index contributed by atoms with van der Waals surface area (Å²) in [5.41, 5.74) is 8.13. The molecule has 0 spiro atoms. The summed E-state index contributed by atoms with van der Waals surface area (Å²) in [5.74, 6) is -0.368. The van der Waals surface area contributed by atoms with E-state index in [1.165, 1.54) is 7.11 Å². The maximum absolute atomic E-state index is 12.8. The van der Waals surface area contributed by atoms with E-state index < -0.39 is 11.9 Å². The Bertz CT molecular complexity index is 1210. The highest BCUT2D eigenvalue weighted by Crippen LogP contribution is 2.45. The van der Waals surface area contributed by atoms with Crippen molar-refractivity contribution in [1.29, 1.82) is 0 Å². The van der Waals surface area contributed by atoms with Gasteiger partial charge in [0.2, 0.25) is 5.88 Å². The number of ketones is 1. The van der Waals surface area contributed by atoms with Gasteiger partial charge in [-0.25, -0.2) is 4.79 Å². The molecule has 1 heterocycles. The van der Waals surface area contributed by atoms with Gasteiger partial charge >= 0.3 is 5.97 Å². The van der Waals surface area contributed by atoms with Gasteiger partial charge in [0.25, 0.3) is 0 Å². The molecule has 0 radical (unpaired) electrons. The van der Waals surface area contributed by atoms with Crippen molar-refractivity contribution in [1.82, 2.24) is 0 Å². The standard InChI is InChI=1S/C24H20BrCl2NO5/c1-31-24(30)22-20(21-17(29)3-2-4-19(21)33-23(22)28)12-6-8-18(15(25)9-12)32-11-13-5-7-14(26)10-16(13)27/h5-10,20H,2-4,11,28H2,1H3/t20-/m1/s1. The highest BCUT2D eigenvalue weighted by atomic mass is 79.9. The van der Waals surface area contributed by atoms with Crippen LogP contribution in [0.5, 0.6) is 5.75 Å². The van der Waals surface area contributed by atoms with Crippen molar-refractivity contribution in [3.63, 3.8) is 0 Å². The van der Waals surface area contributed by atoms with E-state index in [9.17, 15) is 9.59 Å². The number of esters is 1. The predicted octanol–water partition coefficient (Wildman–Crippen LogP) is 5.80. The number of nitrogens with two attached hydrogens (primary N) is 1. The van der Waals surface area contributed by atoms with Gasteiger partial charge in [-0.05, 0) is 52.2 Å². The third kappa shape index (κ3) is 4.76. The second kappa shape index (κ2) is 9.79. The van der Waals surface area contributed by atoms with Gasteiger partial charge in [0, 0.05) is 34.0 Å². The molecule has 33 heavy (non-hydrogen) atoms. The number of halogens is 3. The summed E-state index contributed by atoms with van der Waals surface area (Å²) in [6.45, 7) is 0.235. The Morgan fingerprint density at radius 3 is 2.70 bits per heavy atom. The molecule has 2 aromatic carbocycles. The molecule has 0 amide bonds. The quantitative estimate of drug-likeness (QED) is 0.472. The first-order chi connectivity index (χ1) is 15.8. The van der Waals surface area contributed by atoms with Crippen LogP contribution >= 0.6 is 39.1 Å². The number of hydrogen-bond acceptors (Lipinski definition) is 6. The SMILES string of the molecule is COC(=O)C1=C(N)OC2=C(C(=O)CCC2)[C@H]1c1ccc(OCc2ccc(Cl)cc2Cl)c(Br)c1. The maximum Gasteiger partial charge on any atom is 0.340 e. The average molecular weight is 553 g/mol. The Morgan fingerprint density at radius 1 is 1.21 bits per heavy atom. The summed E-state index contributed by atoms with van der Waals surface area (Å²) in [5, 5.41) is 1.06. The lowest BCUT2D eigenvalue weighted by molar-refractivity contribution is -0.136. The molecule has 6 nitrogen and oxygen atoms in total. The van der Waals surface area contributed by atoms with E-state index in [2.05, 4.69) is 15.9 Å². The van der Waals surface area contributed by atoms with Gasteiger partial charge in [-0.1, -0.05) is 35.3 Å². The number of carbonyl (C=O) groups is 2. The molecule has 2 aliphatic rings. The summed E-state index contributed by atoms with van der Waals surface area (Å²) in [6.07, 6.45) is 1.64. The molecule has 0 saturated carbocycles. The summed E-state index contributed by atoms with van der Waals surface area (Å²) >= 11 is 15.7. The van der Waals surface area contributed by atoms with Gasteiger partial charge in [-0.3, -0.25) is 4.79 Å². The van der Waals surface area contributed by atoms with E-state index in [-0.39, 0.29) is 23.8 Å². The lowest BCUT2D eigenvalue weighted by Gasteiger charge is -2.32. The first-order valence-electron chi connectivity index (χ1n) is 10.2. The van der Waals surface area contributed by atoms with Crippen molar-refractivity contribution in [3.8, 4) is 5.75 Å². The van der Waals surface area contributed by atoms with E-state index in [4.69, 9.17) is 43.1 Å². The zero-order valence-corrected chi connectivity index (χ0v) is 20.7. The number of methoxy groups -OCH3 is 1. The summed E-state index contributed by atoms with van der Waals surface area (Å²) in [7, 11) is 1.26. The lowest BCUT2D eigenvalue weighted by atomic mass is 9.77. The Labute approximate surface area is 209 Å². The fraction of sp³-hybridized carbons (Fsp3) is 0.250. The monoisotopic (exact) mass is 551 g/mol. The predicted molar refractivity (Wildman–Crippen MR) is 128 cm³/mol. The minimum absolute atomic E-state index is 0.0471. The lowest BCUT2D eigenvalue weighted by Crippen LogP contribution is -2.31. The topological polar surface area (TPSA) is 87.9 Å². The summed E-state index contributed by atoms with van der Waals surface area (Å²) in [6, 6.07) is 10.6. The van der Waals surface area contributed by atoms with Crippen LogP contribution in [-0.2, 0) is 25.7 Å². The molecule has 1 atom stereocenters. The zero-order valence-electron chi connectivity index (χ0n) is 17.6. The Hall–Kier alpha value is -2.48. The Kier molecular flexibility index (Phi) is 7.02. The van der Waals surface area contributed by atoms with Gasteiger partial charge in [0.15, 0.2) is 5.78 Å². The zero-order chi connectivity index (χ0) is 23.7. The van der Waals surface area contributed by atoms with Gasteiger partial charge < -0.3 is 19.9 Å². The third-order valence-electron chi connectivity index (χ3n) is 5.58. The number of ether oxygens (including phenoxy) is 3. The number of Topliss-reactive ketones (excluding diaryl/α,β-unsaturated/α-hetero) is 1. The van der Waals surface area contributed by atoms with Crippen molar-refractivity contribution in [2.24, 2.45) is 5.73 Å². The molecule has 9 heteroatoms. The average Bonchev–Trinajstić information content (AvgIpc) is 2.78. The number of benzene rings is 2. The Balaban J connectivity index is 1.68. The fourth-order valence-corrected chi connectivity index (χ4v) is 4.98. The number of carbonyl (C=O) groups excluding carboxylic acids is 2. The van der Waals surface area contributed by atoms with E-state index in [0.717, 1.165) is 5.56 Å². The largest absolute Gasteiger partial charge is 0.488 e. The van der Waals surface area contributed by atoms with Crippen LogP contribution in [0.4, 0.5) is 0 Å². The van der Waals surface area contributed by atoms with Crippen LogP contribution < -0.4 is 10.5 Å². The first kappa shape index (κ1) is 23.7. The molecular formula is C24H20BrCl2NO5. The fourth-order valence-electron chi connectivity index (χ4n) is 4.01. The number of hydrogen-bond donors (Lipinski definition) is 1. The minimum atomic E-state index is -0.690. The van der Waals surface area contributed by atoms with E-state index in [0.29, 0.717) is 56.4 Å². The van der Waals surface area contributed by atoms with Gasteiger partial charge in [-0.2, -0.15) is 0 Å². The molecular weight excluding hydrogens is 533 g/mol. The molecule has 1 aliphatic carbocycles. The third-order valence-corrected chi connectivity index (χ3v) is 6.78. The molecule has 4 rings (SSSR count). The van der Waals surface area contributed by atoms with Crippen LogP contribution in [0.2, 0.25) is 10.0 Å². The minimum Gasteiger partial charge on any atom is -0.488 e. The van der Waals surface area contributed by atoms with E-state index in [1.54, 1.807) is 36.4 Å². The summed E-state index contributed by atoms with van der Waals surface area (Å²) < 4.78 is 17.2. The molecule has 0 bridgehead atoms. The second-order valence-electron chi connectivity index (χ2n) is 7.63. The van der Waals surface area contributed by atoms with Gasteiger partial charge in [-0.15, -0.1) is 0 Å². The van der Waals surface area contributed by atoms with Crippen LogP contribution in [0, 0.1) is 0 Å². The van der Waals surface area contributed by atoms with Gasteiger partial charge in [0.1, 0.15) is 23.7 Å². The van der Waals surface area contributed by atoms with Gasteiger partial charge in [0.05, 0.1) is 17.5 Å². The van der Waals surface area contributed by atoms with Crippen LogP contribution in [0.25, 0.3) is 0 Å². The van der Waals surface area contributed by atoms with Crippen molar-refractivity contribution < 1.29 is 23.8 Å². The highest BCUT2D eigenvalue weighted by molar-refractivity contribution is 9.10. The number of allylic oxidation sites excluding steroid dienone is 2. The van der Waals surface area contributed by atoms with Crippen LogP contribution in [0.1, 0.15) is 36.3 Å². The van der Waals surface area contributed by atoms with Crippen LogP contribution in [-0.4, -0.2) is 18.9 Å². The van der Waals surface area contributed by atoms with Crippen LogP contribution in [0.3, 0.4) is 0 Å². The van der Waals surface area contributed by atoms with E-state index >= 15 is 0 Å². The smallest absolute Gasteiger partial charge is 0.340 e. The van der Waals surface area contributed by atoms with E-state index in [1.807, 2.05) is 0 Å². The maximum atomic E-state index is 12.8. The summed E-state index contributed by atoms with van der Waals surface area (Å²) in [4.78, 5) is 25.4. The van der Waals surface area contributed by atoms with Crippen molar-refractivity contribution in [2.45, 2.75) is 31.8 Å². The van der Waals surface area contributed by atoms with Crippen molar-refractivity contribution >= 4 is 50.9 Å². The molecule has 2 N–H and O–H groups in total. The first-order valence-corrected chi connectivity index (χ1v) is 11.7.